The quantitative estimate of drug-likeness (QED) is 0.789. The average Bonchev–Trinajstić information content (AvgIpc) is 2.49. The molecule has 1 heterocycles. The van der Waals surface area contributed by atoms with Crippen LogP contribution in [0.4, 0.5) is 0 Å². The van der Waals surface area contributed by atoms with E-state index in [0.717, 1.165) is 11.3 Å². The average molecular weight is 284 g/mol. The van der Waals surface area contributed by atoms with Crippen molar-refractivity contribution >= 4 is 0 Å². The first kappa shape index (κ1) is 14.7. The second-order valence-corrected chi connectivity index (χ2v) is 4.49. The van der Waals surface area contributed by atoms with Gasteiger partial charge in [-0.1, -0.05) is 12.1 Å². The van der Waals surface area contributed by atoms with Crippen LogP contribution in [0.5, 0.6) is 17.4 Å². The smallest absolute Gasteiger partial charge is 0.292 e. The Morgan fingerprint density at radius 2 is 1.90 bits per heavy atom. The number of nitriles is 1. The summed E-state index contributed by atoms with van der Waals surface area (Å²) < 4.78 is 16.0. The summed E-state index contributed by atoms with van der Waals surface area (Å²) in [4.78, 5) is 4.35. The first-order valence-electron chi connectivity index (χ1n) is 6.44. The Kier molecular flexibility index (Phi) is 4.62. The van der Waals surface area contributed by atoms with Crippen molar-refractivity contribution < 1.29 is 14.2 Å². The zero-order valence-corrected chi connectivity index (χ0v) is 12.2. The Balaban J connectivity index is 2.26. The number of aromatic nitrogens is 1. The van der Waals surface area contributed by atoms with Crippen LogP contribution in [-0.2, 0) is 6.61 Å². The van der Waals surface area contributed by atoms with Crippen LogP contribution in [0.2, 0.25) is 0 Å². The molecule has 1 aromatic carbocycles. The van der Waals surface area contributed by atoms with Crippen LogP contribution in [0.3, 0.4) is 0 Å². The van der Waals surface area contributed by atoms with E-state index in [4.69, 9.17) is 19.5 Å². The lowest BCUT2D eigenvalue weighted by Gasteiger charge is -2.13. The van der Waals surface area contributed by atoms with E-state index in [1.165, 1.54) is 0 Å². The largest absolute Gasteiger partial charge is 0.496 e. The minimum atomic E-state index is 0.207. The molecule has 0 radical (unpaired) electrons. The van der Waals surface area contributed by atoms with Crippen LogP contribution in [0.15, 0.2) is 30.3 Å². The molecular weight excluding hydrogens is 268 g/mol. The third-order valence-corrected chi connectivity index (χ3v) is 3.01. The van der Waals surface area contributed by atoms with Crippen molar-refractivity contribution in [1.29, 1.82) is 5.26 Å². The van der Waals surface area contributed by atoms with Gasteiger partial charge in [-0.3, -0.25) is 0 Å². The predicted octanol–water partition coefficient (Wildman–Crippen LogP) is 3.15. The highest BCUT2D eigenvalue weighted by Gasteiger charge is 2.13. The van der Waals surface area contributed by atoms with Gasteiger partial charge in [0.05, 0.1) is 12.7 Å². The molecule has 0 saturated carbocycles. The summed E-state index contributed by atoms with van der Waals surface area (Å²) in [7, 11) is 1.56. The molecule has 0 aliphatic rings. The van der Waals surface area contributed by atoms with E-state index in [1.807, 2.05) is 26.0 Å². The van der Waals surface area contributed by atoms with Crippen molar-refractivity contribution in [2.75, 3.05) is 7.11 Å². The molecule has 0 aliphatic carbocycles. The van der Waals surface area contributed by atoms with Crippen molar-refractivity contribution in [3.8, 4) is 23.6 Å². The SMILES string of the molecule is COc1cccc(OC#N)c1COc1nc(C)ccc1C. The molecule has 1 aromatic heterocycles. The van der Waals surface area contributed by atoms with Gasteiger partial charge in [-0.05, 0) is 32.0 Å². The fraction of sp³-hybridized carbons (Fsp3) is 0.250. The fourth-order valence-corrected chi connectivity index (χ4v) is 1.91. The molecule has 0 atom stereocenters. The first-order chi connectivity index (χ1) is 10.2. The number of hydrogen-bond donors (Lipinski definition) is 0. The summed E-state index contributed by atoms with van der Waals surface area (Å²) >= 11 is 0. The van der Waals surface area contributed by atoms with E-state index in [9.17, 15) is 0 Å². The lowest BCUT2D eigenvalue weighted by Crippen LogP contribution is -2.04. The van der Waals surface area contributed by atoms with Crippen molar-refractivity contribution in [3.63, 3.8) is 0 Å². The Labute approximate surface area is 123 Å². The van der Waals surface area contributed by atoms with E-state index in [-0.39, 0.29) is 6.61 Å². The van der Waals surface area contributed by atoms with Gasteiger partial charge in [0.25, 0.3) is 6.26 Å². The first-order valence-corrected chi connectivity index (χ1v) is 6.44. The number of methoxy groups -OCH3 is 1. The zero-order valence-electron chi connectivity index (χ0n) is 12.2. The number of nitrogens with zero attached hydrogens (tertiary/aromatic N) is 2. The molecule has 0 N–H and O–H groups in total. The lowest BCUT2D eigenvalue weighted by molar-refractivity contribution is 0.278. The second kappa shape index (κ2) is 6.62. The summed E-state index contributed by atoms with van der Waals surface area (Å²) in [6.45, 7) is 4.04. The fourth-order valence-electron chi connectivity index (χ4n) is 1.91. The van der Waals surface area contributed by atoms with Crippen LogP contribution in [0.1, 0.15) is 16.8 Å². The molecule has 5 heteroatoms. The van der Waals surface area contributed by atoms with Gasteiger partial charge in [0.1, 0.15) is 12.4 Å². The van der Waals surface area contributed by atoms with Crippen LogP contribution >= 0.6 is 0 Å². The van der Waals surface area contributed by atoms with Gasteiger partial charge in [-0.2, -0.15) is 0 Å². The minimum Gasteiger partial charge on any atom is -0.496 e. The van der Waals surface area contributed by atoms with Gasteiger partial charge >= 0.3 is 0 Å². The van der Waals surface area contributed by atoms with Gasteiger partial charge < -0.3 is 14.2 Å². The molecule has 5 nitrogen and oxygen atoms in total. The minimum absolute atomic E-state index is 0.207. The van der Waals surface area contributed by atoms with E-state index in [2.05, 4.69) is 4.98 Å². The van der Waals surface area contributed by atoms with Crippen LogP contribution < -0.4 is 14.2 Å². The van der Waals surface area contributed by atoms with Crippen LogP contribution in [0.25, 0.3) is 0 Å². The summed E-state index contributed by atoms with van der Waals surface area (Å²) in [6, 6.07) is 9.12. The molecule has 0 spiro atoms. The molecule has 2 rings (SSSR count). The van der Waals surface area contributed by atoms with Gasteiger partial charge in [0, 0.05) is 11.3 Å². The molecule has 2 aromatic rings. The molecule has 21 heavy (non-hydrogen) atoms. The highest BCUT2D eigenvalue weighted by molar-refractivity contribution is 5.45. The number of hydrogen-bond acceptors (Lipinski definition) is 5. The van der Waals surface area contributed by atoms with Crippen LogP contribution in [-0.4, -0.2) is 12.1 Å². The number of aryl methyl sites for hydroxylation is 2. The van der Waals surface area contributed by atoms with E-state index < -0.39 is 0 Å². The highest BCUT2D eigenvalue weighted by atomic mass is 16.5. The summed E-state index contributed by atoms with van der Waals surface area (Å²) in [5.74, 6) is 1.58. The molecule has 0 aliphatic heterocycles. The van der Waals surface area contributed by atoms with Crippen molar-refractivity contribution in [3.05, 3.63) is 47.2 Å². The maximum absolute atomic E-state index is 8.71. The standard InChI is InChI=1S/C16H16N2O3/c1-11-7-8-12(2)18-16(11)20-9-13-14(19-3)5-4-6-15(13)21-10-17/h4-8H,9H2,1-3H3. The molecule has 0 unspecified atom stereocenters. The van der Waals surface area contributed by atoms with Gasteiger partial charge in [-0.25, -0.2) is 4.98 Å². The molecular formula is C16H16N2O3. The summed E-state index contributed by atoms with van der Waals surface area (Å²) in [5.41, 5.74) is 2.49. The zero-order chi connectivity index (χ0) is 15.2. The Hall–Kier alpha value is -2.74. The molecule has 108 valence electrons. The Morgan fingerprint density at radius 1 is 1.14 bits per heavy atom. The highest BCUT2D eigenvalue weighted by Crippen LogP contribution is 2.30. The van der Waals surface area contributed by atoms with Crippen LogP contribution in [0, 0.1) is 25.4 Å². The van der Waals surface area contributed by atoms with E-state index >= 15 is 0 Å². The Morgan fingerprint density at radius 3 is 2.62 bits per heavy atom. The summed E-state index contributed by atoms with van der Waals surface area (Å²) in [6.07, 6.45) is 1.67. The van der Waals surface area contributed by atoms with E-state index in [1.54, 1.807) is 31.6 Å². The number of benzene rings is 1. The normalized spacial score (nSPS) is 9.81. The predicted molar refractivity (Wildman–Crippen MR) is 77.3 cm³/mol. The molecule has 0 amide bonds. The number of pyridine rings is 1. The van der Waals surface area contributed by atoms with Gasteiger partial charge in [-0.15, -0.1) is 5.26 Å². The molecule has 0 bridgehead atoms. The maximum atomic E-state index is 8.71. The van der Waals surface area contributed by atoms with E-state index in [0.29, 0.717) is 22.9 Å². The van der Waals surface area contributed by atoms with Crippen molar-refractivity contribution in [1.82, 2.24) is 4.98 Å². The summed E-state index contributed by atoms with van der Waals surface area (Å²) in [5, 5.41) is 8.71. The third kappa shape index (κ3) is 3.42. The number of ether oxygens (including phenoxy) is 3. The van der Waals surface area contributed by atoms with Crippen molar-refractivity contribution in [2.45, 2.75) is 20.5 Å². The topological polar surface area (TPSA) is 64.4 Å². The van der Waals surface area contributed by atoms with Crippen molar-refractivity contribution in [2.24, 2.45) is 0 Å². The molecule has 0 saturated heterocycles. The number of rotatable bonds is 5. The van der Waals surface area contributed by atoms with Gasteiger partial charge in [0.15, 0.2) is 5.75 Å². The Bertz CT molecular complexity index is 678. The third-order valence-electron chi connectivity index (χ3n) is 3.01. The lowest BCUT2D eigenvalue weighted by atomic mass is 10.2. The van der Waals surface area contributed by atoms with Gasteiger partial charge in [0.2, 0.25) is 5.88 Å². The molecule has 0 fully saturated rings. The second-order valence-electron chi connectivity index (χ2n) is 4.49. The maximum Gasteiger partial charge on any atom is 0.292 e. The monoisotopic (exact) mass is 284 g/mol.